The average Bonchev–Trinajstić information content (AvgIpc) is 1.87. The van der Waals surface area contributed by atoms with Crippen LogP contribution in [0.4, 0.5) is 4.39 Å². The van der Waals surface area contributed by atoms with Crippen LogP contribution >= 0.6 is 0 Å². The van der Waals surface area contributed by atoms with Crippen LogP contribution in [0.25, 0.3) is 0 Å². The normalized spacial score (nSPS) is 12.2. The summed E-state index contributed by atoms with van der Waals surface area (Å²) >= 11 is 0. The van der Waals surface area contributed by atoms with E-state index in [-0.39, 0.29) is 0 Å². The van der Waals surface area contributed by atoms with Gasteiger partial charge in [-0.2, -0.15) is 0 Å². The summed E-state index contributed by atoms with van der Waals surface area (Å²) in [6.07, 6.45) is 0. The van der Waals surface area contributed by atoms with Gasteiger partial charge in [-0.15, -0.1) is 0 Å². The summed E-state index contributed by atoms with van der Waals surface area (Å²) < 4.78 is 11.6. The van der Waals surface area contributed by atoms with Crippen LogP contribution in [0.5, 0.6) is 0 Å². The zero-order chi connectivity index (χ0) is 8.15. The molecule has 0 aliphatic rings. The third-order valence-corrected chi connectivity index (χ3v) is 0.803. The zero-order valence-electron chi connectivity index (χ0n) is 5.43. The number of carboxylic acids is 1. The highest BCUT2D eigenvalue weighted by molar-refractivity contribution is 6.31. The fraction of sp³-hybridized carbons (Fsp3) is 0.600. The quantitative estimate of drug-likeness (QED) is 0.522. The molecule has 0 fully saturated rings. The molecule has 0 rings (SSSR count). The molecule has 10 heavy (non-hydrogen) atoms. The predicted molar refractivity (Wildman–Crippen MR) is 31.2 cm³/mol. The van der Waals surface area contributed by atoms with Crippen LogP contribution in [0.1, 0.15) is 6.92 Å². The number of hydrogen-bond donors (Lipinski definition) is 2. The summed E-state index contributed by atoms with van der Waals surface area (Å²) in [4.78, 5) is 20.1. The molecule has 0 saturated carbocycles. The van der Waals surface area contributed by atoms with Gasteiger partial charge in [0.15, 0.2) is 0 Å². The molecule has 0 aliphatic heterocycles. The standard InChI is InChI=1S/C5H8FNO3/c1-3(2-6)7-4(8)5(9)10/h3H,2H2,1H3,(H,7,8)(H,9,10). The minimum absolute atomic E-state index is 0.733. The Morgan fingerprint density at radius 3 is 2.50 bits per heavy atom. The highest BCUT2D eigenvalue weighted by Gasteiger charge is 2.13. The maximum atomic E-state index is 11.6. The first kappa shape index (κ1) is 8.87. The fourth-order valence-electron chi connectivity index (χ4n) is 0.324. The van der Waals surface area contributed by atoms with Crippen LogP contribution in [0.15, 0.2) is 0 Å². The van der Waals surface area contributed by atoms with Crippen LogP contribution in [-0.4, -0.2) is 29.7 Å². The van der Waals surface area contributed by atoms with Gasteiger partial charge in [-0.1, -0.05) is 0 Å². The van der Waals surface area contributed by atoms with Crippen molar-refractivity contribution in [2.45, 2.75) is 13.0 Å². The summed E-state index contributed by atoms with van der Waals surface area (Å²) in [7, 11) is 0. The SMILES string of the molecule is CC(CF)NC(=O)C(=O)O. The van der Waals surface area contributed by atoms with Crippen molar-refractivity contribution in [1.29, 1.82) is 0 Å². The van der Waals surface area contributed by atoms with E-state index in [1.54, 1.807) is 0 Å². The number of aliphatic carboxylic acids is 1. The van der Waals surface area contributed by atoms with E-state index >= 15 is 0 Å². The first-order valence-corrected chi connectivity index (χ1v) is 2.67. The lowest BCUT2D eigenvalue weighted by Crippen LogP contribution is -2.38. The number of amides is 1. The van der Waals surface area contributed by atoms with Crippen LogP contribution in [0.2, 0.25) is 0 Å². The molecule has 0 aromatic heterocycles. The number of carboxylic acid groups (broad SMARTS) is 1. The van der Waals surface area contributed by atoms with E-state index in [2.05, 4.69) is 0 Å². The molecule has 0 heterocycles. The number of carbonyl (C=O) groups excluding carboxylic acids is 1. The molecule has 0 spiro atoms. The molecule has 0 radical (unpaired) electrons. The van der Waals surface area contributed by atoms with Crippen molar-refractivity contribution >= 4 is 11.9 Å². The van der Waals surface area contributed by atoms with Gasteiger partial charge in [0.2, 0.25) is 0 Å². The van der Waals surface area contributed by atoms with Crippen molar-refractivity contribution in [3.8, 4) is 0 Å². The van der Waals surface area contributed by atoms with Gasteiger partial charge < -0.3 is 10.4 Å². The van der Waals surface area contributed by atoms with Crippen molar-refractivity contribution in [2.75, 3.05) is 6.67 Å². The lowest BCUT2D eigenvalue weighted by Gasteiger charge is -2.05. The van der Waals surface area contributed by atoms with E-state index in [1.807, 2.05) is 5.32 Å². The molecule has 58 valence electrons. The predicted octanol–water partition coefficient (Wildman–Crippen LogP) is -0.455. The molecule has 2 N–H and O–H groups in total. The van der Waals surface area contributed by atoms with Gasteiger partial charge in [0.1, 0.15) is 6.67 Å². The Morgan fingerprint density at radius 1 is 1.70 bits per heavy atom. The summed E-state index contributed by atoms with van der Waals surface area (Å²) in [5.74, 6) is -2.77. The average molecular weight is 149 g/mol. The first-order valence-electron chi connectivity index (χ1n) is 2.67. The number of nitrogens with one attached hydrogen (secondary N) is 1. The molecule has 0 aromatic carbocycles. The van der Waals surface area contributed by atoms with E-state index in [0.29, 0.717) is 0 Å². The second kappa shape index (κ2) is 3.81. The summed E-state index contributed by atoms with van der Waals surface area (Å²) in [6.45, 7) is 0.611. The van der Waals surface area contributed by atoms with Crippen molar-refractivity contribution in [1.82, 2.24) is 5.32 Å². The van der Waals surface area contributed by atoms with E-state index < -0.39 is 24.6 Å². The smallest absolute Gasteiger partial charge is 0.394 e. The van der Waals surface area contributed by atoms with Crippen LogP contribution in [0.3, 0.4) is 0 Å². The molecule has 0 aromatic rings. The number of carbonyl (C=O) groups is 2. The molecule has 4 nitrogen and oxygen atoms in total. The van der Waals surface area contributed by atoms with Gasteiger partial charge in [0.25, 0.3) is 0 Å². The molecular formula is C5H8FNO3. The number of hydrogen-bond acceptors (Lipinski definition) is 2. The highest BCUT2D eigenvalue weighted by Crippen LogP contribution is 1.81. The Hall–Kier alpha value is -1.13. The Labute approximate surface area is 57.0 Å². The van der Waals surface area contributed by atoms with E-state index in [0.717, 1.165) is 0 Å². The third kappa shape index (κ3) is 3.01. The number of alkyl halides is 1. The van der Waals surface area contributed by atoms with E-state index in [1.165, 1.54) is 6.92 Å². The minimum atomic E-state index is -1.60. The molecular weight excluding hydrogens is 141 g/mol. The molecule has 0 bridgehead atoms. The zero-order valence-corrected chi connectivity index (χ0v) is 5.43. The largest absolute Gasteiger partial charge is 0.474 e. The van der Waals surface area contributed by atoms with Crippen molar-refractivity contribution in [3.63, 3.8) is 0 Å². The van der Waals surface area contributed by atoms with Crippen molar-refractivity contribution in [3.05, 3.63) is 0 Å². The van der Waals surface area contributed by atoms with Crippen molar-refractivity contribution < 1.29 is 19.1 Å². The lowest BCUT2D eigenvalue weighted by molar-refractivity contribution is -0.150. The number of halogens is 1. The van der Waals surface area contributed by atoms with Crippen LogP contribution in [-0.2, 0) is 9.59 Å². The van der Waals surface area contributed by atoms with Crippen LogP contribution < -0.4 is 5.32 Å². The molecule has 0 aliphatic carbocycles. The molecule has 0 saturated heterocycles. The maximum absolute atomic E-state index is 11.6. The molecule has 1 atom stereocenters. The van der Waals surface area contributed by atoms with Gasteiger partial charge in [-0.05, 0) is 6.92 Å². The second-order valence-corrected chi connectivity index (χ2v) is 1.83. The monoisotopic (exact) mass is 149 g/mol. The highest BCUT2D eigenvalue weighted by atomic mass is 19.1. The fourth-order valence-corrected chi connectivity index (χ4v) is 0.324. The Bertz CT molecular complexity index is 148. The lowest BCUT2D eigenvalue weighted by atomic mass is 10.4. The van der Waals surface area contributed by atoms with E-state index in [9.17, 15) is 14.0 Å². The van der Waals surface area contributed by atoms with E-state index in [4.69, 9.17) is 5.11 Å². The number of rotatable bonds is 2. The third-order valence-electron chi connectivity index (χ3n) is 0.803. The maximum Gasteiger partial charge on any atom is 0.394 e. The molecule has 1 unspecified atom stereocenters. The molecule has 5 heteroatoms. The molecule has 1 amide bonds. The summed E-state index contributed by atoms with van der Waals surface area (Å²) in [5, 5.41) is 9.91. The van der Waals surface area contributed by atoms with Gasteiger partial charge in [-0.25, -0.2) is 9.18 Å². The van der Waals surface area contributed by atoms with Gasteiger partial charge in [0.05, 0.1) is 6.04 Å². The Balaban J connectivity index is 3.68. The van der Waals surface area contributed by atoms with Gasteiger partial charge >= 0.3 is 11.9 Å². The minimum Gasteiger partial charge on any atom is -0.474 e. The van der Waals surface area contributed by atoms with Crippen LogP contribution in [0, 0.1) is 0 Å². The Kier molecular flexibility index (Phi) is 3.38. The second-order valence-electron chi connectivity index (χ2n) is 1.83. The summed E-state index contributed by atoms with van der Waals surface area (Å²) in [5.41, 5.74) is 0. The van der Waals surface area contributed by atoms with Crippen molar-refractivity contribution in [2.24, 2.45) is 0 Å². The summed E-state index contributed by atoms with van der Waals surface area (Å²) in [6, 6.07) is -0.733. The van der Waals surface area contributed by atoms with Gasteiger partial charge in [-0.3, -0.25) is 4.79 Å². The van der Waals surface area contributed by atoms with Gasteiger partial charge in [0, 0.05) is 0 Å². The topological polar surface area (TPSA) is 66.4 Å². The first-order chi connectivity index (χ1) is 4.57. The Morgan fingerprint density at radius 2 is 2.20 bits per heavy atom.